The van der Waals surface area contributed by atoms with Crippen LogP contribution in [0.5, 0.6) is 0 Å². The van der Waals surface area contributed by atoms with Crippen LogP contribution in [0, 0.1) is 0 Å². The average Bonchev–Trinajstić information content (AvgIpc) is 2.29. The Morgan fingerprint density at radius 3 is 2.35 bits per heavy atom. The second-order valence-corrected chi connectivity index (χ2v) is 5.18. The first-order valence-electron chi connectivity index (χ1n) is 4.93. The molecular formula is C11H14N2O3S. The fourth-order valence-corrected chi connectivity index (χ4v) is 2.72. The predicted molar refractivity (Wildman–Crippen MR) is 66.2 cm³/mol. The van der Waals surface area contributed by atoms with E-state index in [1.54, 1.807) is 0 Å². The summed E-state index contributed by atoms with van der Waals surface area (Å²) >= 11 is 0. The molecule has 1 aromatic rings. The summed E-state index contributed by atoms with van der Waals surface area (Å²) in [5.74, 6) is 0. The van der Waals surface area contributed by atoms with Crippen molar-refractivity contribution < 1.29 is 8.42 Å². The molecule has 0 saturated heterocycles. The summed E-state index contributed by atoms with van der Waals surface area (Å²) in [6.07, 6.45) is 5.47. The van der Waals surface area contributed by atoms with Crippen molar-refractivity contribution in [2.45, 2.75) is 4.90 Å². The normalized spacial score (nSPS) is 11.4. The molecule has 0 amide bonds. The molecule has 17 heavy (non-hydrogen) atoms. The smallest absolute Gasteiger partial charge is 0.248 e. The zero-order valence-electron chi connectivity index (χ0n) is 9.30. The highest BCUT2D eigenvalue weighted by Crippen LogP contribution is 2.10. The molecule has 0 unspecified atom stereocenters. The Morgan fingerprint density at radius 2 is 1.88 bits per heavy atom. The first-order chi connectivity index (χ1) is 8.04. The molecule has 1 aromatic heterocycles. The van der Waals surface area contributed by atoms with Gasteiger partial charge in [0.2, 0.25) is 15.5 Å². The van der Waals surface area contributed by atoms with Gasteiger partial charge in [0, 0.05) is 31.5 Å². The SMILES string of the molecule is C=CCN(CC=C)S(=O)(=O)c1c[nH]ccc1=O. The molecule has 0 atom stereocenters. The van der Waals surface area contributed by atoms with Crippen LogP contribution in [0.3, 0.4) is 0 Å². The number of aromatic nitrogens is 1. The van der Waals surface area contributed by atoms with Crippen molar-refractivity contribution in [2.75, 3.05) is 13.1 Å². The Labute approximate surface area is 100 Å². The van der Waals surface area contributed by atoms with E-state index < -0.39 is 15.5 Å². The second kappa shape index (κ2) is 5.60. The highest BCUT2D eigenvalue weighted by Gasteiger charge is 2.24. The lowest BCUT2D eigenvalue weighted by Crippen LogP contribution is -2.34. The number of nitrogens with zero attached hydrogens (tertiary/aromatic N) is 1. The van der Waals surface area contributed by atoms with Crippen molar-refractivity contribution in [2.24, 2.45) is 0 Å². The van der Waals surface area contributed by atoms with Gasteiger partial charge in [0.25, 0.3) is 0 Å². The minimum atomic E-state index is -3.81. The van der Waals surface area contributed by atoms with E-state index in [9.17, 15) is 13.2 Å². The van der Waals surface area contributed by atoms with Crippen LogP contribution in [0.2, 0.25) is 0 Å². The number of pyridine rings is 1. The summed E-state index contributed by atoms with van der Waals surface area (Å²) < 4.78 is 25.4. The summed E-state index contributed by atoms with van der Waals surface area (Å²) in [4.78, 5) is 13.8. The molecule has 0 radical (unpaired) electrons. The standard InChI is InChI=1S/C11H14N2O3S/c1-3-7-13(8-4-2)17(15,16)11-9-12-6-5-10(11)14/h3-6,9H,1-2,7-8H2,(H,12,14). The molecule has 0 spiro atoms. The van der Waals surface area contributed by atoms with Gasteiger partial charge in [-0.25, -0.2) is 8.42 Å². The van der Waals surface area contributed by atoms with E-state index in [0.717, 1.165) is 4.31 Å². The molecule has 0 aromatic carbocycles. The molecule has 92 valence electrons. The van der Waals surface area contributed by atoms with E-state index in [1.165, 1.54) is 30.6 Å². The number of rotatable bonds is 6. The minimum absolute atomic E-state index is 0.128. The van der Waals surface area contributed by atoms with Crippen LogP contribution >= 0.6 is 0 Å². The van der Waals surface area contributed by atoms with Crippen molar-refractivity contribution in [3.05, 3.63) is 54.0 Å². The second-order valence-electron chi connectivity index (χ2n) is 3.27. The molecule has 0 aliphatic carbocycles. The third-order valence-electron chi connectivity index (χ3n) is 2.07. The van der Waals surface area contributed by atoms with Crippen molar-refractivity contribution in [3.8, 4) is 0 Å². The Bertz CT molecular complexity index is 550. The predicted octanol–water partition coefficient (Wildman–Crippen LogP) is 0.738. The third kappa shape index (κ3) is 2.92. The van der Waals surface area contributed by atoms with Gasteiger partial charge < -0.3 is 4.98 Å². The number of sulfonamides is 1. The Balaban J connectivity index is 3.25. The molecule has 0 fully saturated rings. The lowest BCUT2D eigenvalue weighted by atomic mass is 10.5. The fraction of sp³-hybridized carbons (Fsp3) is 0.182. The molecule has 0 bridgehead atoms. The van der Waals surface area contributed by atoms with Crippen molar-refractivity contribution in [3.63, 3.8) is 0 Å². The van der Waals surface area contributed by atoms with E-state index in [4.69, 9.17) is 0 Å². The van der Waals surface area contributed by atoms with Crippen LogP contribution in [0.15, 0.2) is 53.5 Å². The molecule has 0 aliphatic heterocycles. The maximum atomic E-state index is 12.1. The van der Waals surface area contributed by atoms with E-state index in [0.29, 0.717) is 0 Å². The van der Waals surface area contributed by atoms with Crippen LogP contribution in [0.25, 0.3) is 0 Å². The highest BCUT2D eigenvalue weighted by molar-refractivity contribution is 7.89. The fourth-order valence-electron chi connectivity index (χ4n) is 1.30. The van der Waals surface area contributed by atoms with Gasteiger partial charge in [0.15, 0.2) is 0 Å². The Kier molecular flexibility index (Phi) is 4.42. The molecule has 1 heterocycles. The summed E-state index contributed by atoms with van der Waals surface area (Å²) in [7, 11) is -3.81. The van der Waals surface area contributed by atoms with Crippen molar-refractivity contribution in [1.82, 2.24) is 9.29 Å². The minimum Gasteiger partial charge on any atom is -0.366 e. The first kappa shape index (κ1) is 13.4. The molecule has 1 rings (SSSR count). The Hall–Kier alpha value is -1.66. The van der Waals surface area contributed by atoms with Crippen molar-refractivity contribution >= 4 is 10.0 Å². The van der Waals surface area contributed by atoms with Crippen LogP contribution in [-0.4, -0.2) is 30.8 Å². The summed E-state index contributed by atoms with van der Waals surface area (Å²) in [6.45, 7) is 7.23. The third-order valence-corrected chi connectivity index (χ3v) is 3.92. The number of aromatic amines is 1. The van der Waals surface area contributed by atoms with Gasteiger partial charge in [-0.05, 0) is 0 Å². The van der Waals surface area contributed by atoms with Gasteiger partial charge >= 0.3 is 0 Å². The molecule has 1 N–H and O–H groups in total. The Morgan fingerprint density at radius 1 is 1.29 bits per heavy atom. The zero-order valence-corrected chi connectivity index (χ0v) is 10.1. The molecular weight excluding hydrogens is 240 g/mol. The highest BCUT2D eigenvalue weighted by atomic mass is 32.2. The number of H-pyrrole nitrogens is 1. The molecule has 0 aliphatic rings. The van der Waals surface area contributed by atoms with Crippen molar-refractivity contribution in [1.29, 1.82) is 0 Å². The molecule has 0 saturated carbocycles. The van der Waals surface area contributed by atoms with Gasteiger partial charge in [0.05, 0.1) is 0 Å². The van der Waals surface area contributed by atoms with Crippen LogP contribution < -0.4 is 5.43 Å². The molecule has 5 nitrogen and oxygen atoms in total. The number of hydrogen-bond donors (Lipinski definition) is 1. The summed E-state index contributed by atoms with van der Waals surface area (Å²) in [5.41, 5.74) is -0.540. The van der Waals surface area contributed by atoms with Crippen LogP contribution in [-0.2, 0) is 10.0 Å². The lowest BCUT2D eigenvalue weighted by Gasteiger charge is -2.18. The largest absolute Gasteiger partial charge is 0.366 e. The first-order valence-corrected chi connectivity index (χ1v) is 6.37. The van der Waals surface area contributed by atoms with E-state index >= 15 is 0 Å². The van der Waals surface area contributed by atoms with Crippen LogP contribution in [0.1, 0.15) is 0 Å². The van der Waals surface area contributed by atoms with Gasteiger partial charge in [0.1, 0.15) is 4.90 Å². The quantitative estimate of drug-likeness (QED) is 0.761. The number of hydrogen-bond acceptors (Lipinski definition) is 3. The van der Waals surface area contributed by atoms with Gasteiger partial charge in [-0.15, -0.1) is 13.2 Å². The monoisotopic (exact) mass is 254 g/mol. The maximum Gasteiger partial charge on any atom is 0.248 e. The van der Waals surface area contributed by atoms with Crippen LogP contribution in [0.4, 0.5) is 0 Å². The zero-order chi connectivity index (χ0) is 12.9. The maximum absolute atomic E-state index is 12.1. The van der Waals surface area contributed by atoms with E-state index in [-0.39, 0.29) is 18.0 Å². The lowest BCUT2D eigenvalue weighted by molar-refractivity contribution is 0.473. The summed E-state index contributed by atoms with van der Waals surface area (Å²) in [6, 6.07) is 1.17. The van der Waals surface area contributed by atoms with Gasteiger partial charge in [-0.2, -0.15) is 4.31 Å². The number of nitrogens with one attached hydrogen (secondary N) is 1. The van der Waals surface area contributed by atoms with E-state index in [1.807, 2.05) is 0 Å². The topological polar surface area (TPSA) is 70.2 Å². The average molecular weight is 254 g/mol. The van der Waals surface area contributed by atoms with E-state index in [2.05, 4.69) is 18.1 Å². The molecule has 6 heteroatoms. The van der Waals surface area contributed by atoms with Gasteiger partial charge in [-0.3, -0.25) is 4.79 Å². The van der Waals surface area contributed by atoms with Gasteiger partial charge in [-0.1, -0.05) is 12.2 Å². The summed E-state index contributed by atoms with van der Waals surface area (Å²) in [5, 5.41) is 0.